The van der Waals surface area contributed by atoms with Crippen molar-refractivity contribution < 1.29 is 23.1 Å². The predicted molar refractivity (Wildman–Crippen MR) is 105 cm³/mol. The van der Waals surface area contributed by atoms with Crippen LogP contribution in [0.25, 0.3) is 0 Å². The highest BCUT2D eigenvalue weighted by molar-refractivity contribution is 5.78. The molecule has 1 atom stereocenters. The summed E-state index contributed by atoms with van der Waals surface area (Å²) in [4.78, 5) is 31.0. The van der Waals surface area contributed by atoms with Crippen LogP contribution >= 0.6 is 0 Å². The molecule has 30 heavy (non-hydrogen) atoms. The molecule has 0 bridgehead atoms. The van der Waals surface area contributed by atoms with Crippen LogP contribution in [0.4, 0.5) is 13.6 Å². The minimum absolute atomic E-state index is 0.0446. The molecule has 0 spiro atoms. The molecule has 1 aromatic carbocycles. The smallest absolute Gasteiger partial charge is 0.407 e. The second-order valence-corrected chi connectivity index (χ2v) is 8.34. The quantitative estimate of drug-likeness (QED) is 0.807. The molecule has 0 radical (unpaired) electrons. The van der Waals surface area contributed by atoms with E-state index < -0.39 is 29.4 Å². The molecule has 0 aliphatic carbocycles. The Morgan fingerprint density at radius 2 is 2.03 bits per heavy atom. The Morgan fingerprint density at radius 1 is 1.27 bits per heavy atom. The van der Waals surface area contributed by atoms with Crippen LogP contribution in [0.5, 0.6) is 0 Å². The molecule has 3 rings (SSSR count). The van der Waals surface area contributed by atoms with Crippen LogP contribution in [-0.4, -0.2) is 44.6 Å². The first-order valence-electron chi connectivity index (χ1n) is 9.82. The molecule has 0 fully saturated rings. The minimum Gasteiger partial charge on any atom is -0.444 e. The Bertz CT molecular complexity index is 923. The first kappa shape index (κ1) is 21.7. The first-order valence-corrected chi connectivity index (χ1v) is 9.82. The molecule has 0 unspecified atom stereocenters. The summed E-state index contributed by atoms with van der Waals surface area (Å²) in [5, 5.41) is 2.63. The maximum absolute atomic E-state index is 14.1. The number of ether oxygens (including phenoxy) is 1. The standard InChI is InChI=1S/C21H26F2N4O3/c1-21(2,3)30-20(29)25-16(11-14-10-15(22)4-5-17(14)23)12-19(28)27-9-8-26-7-6-24-18(26)13-27/h4-7,10,16H,8-9,11-13H2,1-3H3,(H,25,29)/t16-/m1/s1. The van der Waals surface area contributed by atoms with Gasteiger partial charge in [-0.05, 0) is 51.0 Å². The molecular weight excluding hydrogens is 394 g/mol. The fourth-order valence-electron chi connectivity index (χ4n) is 3.34. The number of hydrogen-bond acceptors (Lipinski definition) is 4. The van der Waals surface area contributed by atoms with Crippen LogP contribution in [0.3, 0.4) is 0 Å². The van der Waals surface area contributed by atoms with E-state index in [-0.39, 0.29) is 24.3 Å². The van der Waals surface area contributed by atoms with Gasteiger partial charge in [-0.25, -0.2) is 18.6 Å². The van der Waals surface area contributed by atoms with Crippen LogP contribution < -0.4 is 5.32 Å². The zero-order valence-corrected chi connectivity index (χ0v) is 17.3. The van der Waals surface area contributed by atoms with Crippen molar-refractivity contribution in [3.05, 3.63) is 53.6 Å². The van der Waals surface area contributed by atoms with E-state index in [1.165, 1.54) is 0 Å². The fraction of sp³-hybridized carbons (Fsp3) is 0.476. The topological polar surface area (TPSA) is 76.5 Å². The predicted octanol–water partition coefficient (Wildman–Crippen LogP) is 3.03. The summed E-state index contributed by atoms with van der Waals surface area (Å²) in [6, 6.07) is 2.36. The number of imidazole rings is 1. The van der Waals surface area contributed by atoms with Gasteiger partial charge in [0.2, 0.25) is 5.91 Å². The number of aromatic nitrogens is 2. The van der Waals surface area contributed by atoms with Gasteiger partial charge < -0.3 is 19.5 Å². The maximum Gasteiger partial charge on any atom is 0.407 e. The number of hydrogen-bond donors (Lipinski definition) is 1. The van der Waals surface area contributed by atoms with E-state index in [0.717, 1.165) is 24.0 Å². The van der Waals surface area contributed by atoms with E-state index in [2.05, 4.69) is 10.3 Å². The molecule has 1 N–H and O–H groups in total. The number of fused-ring (bicyclic) bond motifs is 1. The average Bonchev–Trinajstić information content (AvgIpc) is 3.10. The van der Waals surface area contributed by atoms with Crippen LogP contribution in [0.2, 0.25) is 0 Å². The van der Waals surface area contributed by atoms with Gasteiger partial charge in [-0.1, -0.05) is 0 Å². The van der Waals surface area contributed by atoms with Gasteiger partial charge in [0.1, 0.15) is 23.1 Å². The van der Waals surface area contributed by atoms with Crippen molar-refractivity contribution in [2.45, 2.75) is 58.3 Å². The maximum atomic E-state index is 14.1. The number of carbonyl (C=O) groups excluding carboxylic acids is 2. The van der Waals surface area contributed by atoms with Crippen LogP contribution in [-0.2, 0) is 29.0 Å². The van der Waals surface area contributed by atoms with Crippen LogP contribution in [0.15, 0.2) is 30.6 Å². The number of rotatable bonds is 5. The van der Waals surface area contributed by atoms with Gasteiger partial charge in [-0.15, -0.1) is 0 Å². The third-order valence-electron chi connectivity index (χ3n) is 4.71. The van der Waals surface area contributed by atoms with Gasteiger partial charge in [0, 0.05) is 37.9 Å². The number of nitrogens with zero attached hydrogens (tertiary/aromatic N) is 3. The second kappa shape index (κ2) is 8.81. The summed E-state index contributed by atoms with van der Waals surface area (Å²) >= 11 is 0. The lowest BCUT2D eigenvalue weighted by molar-refractivity contribution is -0.133. The van der Waals surface area contributed by atoms with Gasteiger partial charge in [0.15, 0.2) is 0 Å². The van der Waals surface area contributed by atoms with Gasteiger partial charge in [0.25, 0.3) is 0 Å². The van der Waals surface area contributed by atoms with Crippen LogP contribution in [0, 0.1) is 11.6 Å². The molecule has 1 aliphatic rings. The number of benzene rings is 1. The molecule has 1 aliphatic heterocycles. The van der Waals surface area contributed by atoms with Crippen molar-refractivity contribution in [2.24, 2.45) is 0 Å². The zero-order valence-electron chi connectivity index (χ0n) is 17.3. The highest BCUT2D eigenvalue weighted by atomic mass is 19.1. The van der Waals surface area contributed by atoms with Crippen molar-refractivity contribution in [1.29, 1.82) is 0 Å². The molecule has 1 aromatic heterocycles. The number of nitrogens with one attached hydrogen (secondary N) is 1. The second-order valence-electron chi connectivity index (χ2n) is 8.34. The van der Waals surface area contributed by atoms with E-state index in [1.807, 2.05) is 10.8 Å². The largest absolute Gasteiger partial charge is 0.444 e. The summed E-state index contributed by atoms with van der Waals surface area (Å²) in [5.41, 5.74) is -0.648. The number of amides is 2. The molecule has 0 saturated carbocycles. The van der Waals surface area contributed by atoms with Crippen LogP contribution in [0.1, 0.15) is 38.6 Å². The minimum atomic E-state index is -0.759. The number of carbonyl (C=O) groups is 2. The third kappa shape index (κ3) is 5.77. The summed E-state index contributed by atoms with van der Waals surface area (Å²) in [7, 11) is 0. The number of alkyl carbamates (subject to hydrolysis) is 1. The van der Waals surface area contributed by atoms with E-state index in [4.69, 9.17) is 4.74 Å². The lowest BCUT2D eigenvalue weighted by Crippen LogP contribution is -2.45. The van der Waals surface area contributed by atoms with Gasteiger partial charge in [-0.2, -0.15) is 0 Å². The molecule has 0 saturated heterocycles. The van der Waals surface area contributed by atoms with Crippen molar-refractivity contribution >= 4 is 12.0 Å². The lowest BCUT2D eigenvalue weighted by atomic mass is 10.0. The molecule has 2 heterocycles. The van der Waals surface area contributed by atoms with Crippen molar-refractivity contribution in [2.75, 3.05) is 6.54 Å². The van der Waals surface area contributed by atoms with Gasteiger partial charge in [-0.3, -0.25) is 4.79 Å². The van der Waals surface area contributed by atoms with Gasteiger partial charge in [0.05, 0.1) is 6.54 Å². The Labute approximate surface area is 174 Å². The summed E-state index contributed by atoms with van der Waals surface area (Å²) in [6.07, 6.45) is 2.71. The summed E-state index contributed by atoms with van der Waals surface area (Å²) in [5.74, 6) is -0.610. The van der Waals surface area contributed by atoms with Crippen molar-refractivity contribution in [3.8, 4) is 0 Å². The summed E-state index contributed by atoms with van der Waals surface area (Å²) in [6.45, 7) is 6.65. The Kier molecular flexibility index (Phi) is 6.38. The van der Waals surface area contributed by atoms with E-state index in [9.17, 15) is 18.4 Å². The molecule has 2 aromatic rings. The summed E-state index contributed by atoms with van der Waals surface area (Å²) < 4.78 is 35.0. The monoisotopic (exact) mass is 420 g/mol. The lowest BCUT2D eigenvalue weighted by Gasteiger charge is -2.30. The molecule has 7 nitrogen and oxygen atoms in total. The van der Waals surface area contributed by atoms with Crippen molar-refractivity contribution in [3.63, 3.8) is 0 Å². The first-order chi connectivity index (χ1) is 14.1. The Morgan fingerprint density at radius 3 is 2.77 bits per heavy atom. The zero-order chi connectivity index (χ0) is 21.9. The Balaban J connectivity index is 1.72. The van der Waals surface area contributed by atoms with Gasteiger partial charge >= 0.3 is 6.09 Å². The molecule has 9 heteroatoms. The SMILES string of the molecule is CC(C)(C)OC(=O)N[C@@H](CC(=O)N1CCn2ccnc2C1)Cc1cc(F)ccc1F. The molecule has 2 amide bonds. The van der Waals surface area contributed by atoms with E-state index >= 15 is 0 Å². The van der Waals surface area contributed by atoms with E-state index in [1.54, 1.807) is 31.9 Å². The normalized spacial score (nSPS) is 14.8. The third-order valence-corrected chi connectivity index (χ3v) is 4.71. The Hall–Kier alpha value is -2.97. The average molecular weight is 420 g/mol. The highest BCUT2D eigenvalue weighted by Gasteiger charge is 2.27. The fourth-order valence-corrected chi connectivity index (χ4v) is 3.34. The molecule has 162 valence electrons. The van der Waals surface area contributed by atoms with E-state index in [0.29, 0.717) is 19.6 Å². The van der Waals surface area contributed by atoms with Crippen molar-refractivity contribution in [1.82, 2.24) is 19.8 Å². The number of halogens is 2. The molecular formula is C21H26F2N4O3. The highest BCUT2D eigenvalue weighted by Crippen LogP contribution is 2.17.